The molecule has 2 aliphatic rings. The summed E-state index contributed by atoms with van der Waals surface area (Å²) in [4.78, 5) is 34.8. The quantitative estimate of drug-likeness (QED) is 0.422. The topological polar surface area (TPSA) is 84.1 Å². The normalized spacial score (nSPS) is 18.8. The van der Waals surface area contributed by atoms with Crippen LogP contribution in [0, 0.1) is 0 Å². The average molecular weight is 512 g/mol. The zero-order chi connectivity index (χ0) is 26.4. The summed E-state index contributed by atoms with van der Waals surface area (Å²) in [7, 11) is 4.79. The molecule has 1 N–H and O–H groups in total. The molecule has 3 aromatic carbocycles. The first kappa shape index (κ1) is 23.9. The molecule has 1 unspecified atom stereocenters. The minimum atomic E-state index is -0.644. The number of amides is 2. The Bertz CT molecular complexity index is 1540. The number of rotatable bonds is 6. The van der Waals surface area contributed by atoms with E-state index in [1.54, 1.807) is 31.1 Å². The molecule has 8 heteroatoms. The van der Waals surface area contributed by atoms with Gasteiger partial charge in [0.05, 0.1) is 21.3 Å². The van der Waals surface area contributed by atoms with Crippen LogP contribution in [-0.4, -0.2) is 60.5 Å². The largest absolute Gasteiger partial charge is 0.497 e. The van der Waals surface area contributed by atoms with E-state index >= 15 is 0 Å². The van der Waals surface area contributed by atoms with E-state index < -0.39 is 12.1 Å². The highest BCUT2D eigenvalue weighted by molar-refractivity contribution is 5.97. The van der Waals surface area contributed by atoms with Crippen LogP contribution in [0.5, 0.6) is 17.2 Å². The first-order valence-electron chi connectivity index (χ1n) is 12.6. The predicted molar refractivity (Wildman–Crippen MR) is 142 cm³/mol. The molecule has 0 bridgehead atoms. The van der Waals surface area contributed by atoms with E-state index in [1.807, 2.05) is 60.7 Å². The third kappa shape index (κ3) is 3.75. The maximum Gasteiger partial charge on any atom is 0.246 e. The summed E-state index contributed by atoms with van der Waals surface area (Å²) < 4.78 is 16.7. The molecule has 2 aliphatic heterocycles. The van der Waals surface area contributed by atoms with Crippen molar-refractivity contribution in [2.75, 3.05) is 27.9 Å². The minimum Gasteiger partial charge on any atom is -0.497 e. The molecular formula is C30H29N3O5. The third-order valence-electron chi connectivity index (χ3n) is 7.58. The van der Waals surface area contributed by atoms with Gasteiger partial charge in [-0.15, -0.1) is 0 Å². The average Bonchev–Trinajstić information content (AvgIpc) is 3.32. The number of benzene rings is 3. The number of aromatic amines is 1. The Hall–Kier alpha value is -4.46. The monoisotopic (exact) mass is 511 g/mol. The number of carbonyl (C=O) groups excluding carboxylic acids is 2. The van der Waals surface area contributed by atoms with Crippen molar-refractivity contribution in [3.8, 4) is 17.2 Å². The van der Waals surface area contributed by atoms with Gasteiger partial charge >= 0.3 is 0 Å². The summed E-state index contributed by atoms with van der Waals surface area (Å²) in [6.07, 6.45) is 0.432. The summed E-state index contributed by atoms with van der Waals surface area (Å²) in [5.74, 6) is 1.64. The molecule has 2 atom stereocenters. The summed E-state index contributed by atoms with van der Waals surface area (Å²) in [6, 6.07) is 20.1. The van der Waals surface area contributed by atoms with Crippen molar-refractivity contribution in [3.63, 3.8) is 0 Å². The Kier molecular flexibility index (Phi) is 5.94. The Morgan fingerprint density at radius 1 is 0.921 bits per heavy atom. The summed E-state index contributed by atoms with van der Waals surface area (Å²) >= 11 is 0. The fraction of sp³-hybridized carbons (Fsp3) is 0.267. The molecule has 2 amide bonds. The number of nitrogens with one attached hydrogen (secondary N) is 1. The molecule has 3 heterocycles. The SMILES string of the molecule is COc1cccc(CN2CC(=O)N3C(c4cccc(OC)c4OC)c4[nH]c5ccccc5c4C[C@H]3C2=O)c1. The first-order chi connectivity index (χ1) is 18.5. The lowest BCUT2D eigenvalue weighted by Crippen LogP contribution is -2.62. The maximum absolute atomic E-state index is 14.0. The number of hydrogen-bond acceptors (Lipinski definition) is 5. The van der Waals surface area contributed by atoms with E-state index in [-0.39, 0.29) is 18.4 Å². The van der Waals surface area contributed by atoms with E-state index in [4.69, 9.17) is 14.2 Å². The van der Waals surface area contributed by atoms with E-state index in [9.17, 15) is 9.59 Å². The highest BCUT2D eigenvalue weighted by atomic mass is 16.5. The van der Waals surface area contributed by atoms with Crippen molar-refractivity contribution >= 4 is 22.7 Å². The van der Waals surface area contributed by atoms with E-state index in [0.29, 0.717) is 30.2 Å². The van der Waals surface area contributed by atoms with Gasteiger partial charge in [0.2, 0.25) is 11.8 Å². The summed E-state index contributed by atoms with van der Waals surface area (Å²) in [6.45, 7) is 0.324. The number of methoxy groups -OCH3 is 3. The molecule has 8 nitrogen and oxygen atoms in total. The molecule has 0 aliphatic carbocycles. The molecule has 194 valence electrons. The highest BCUT2D eigenvalue weighted by Crippen LogP contribution is 2.47. The van der Waals surface area contributed by atoms with Crippen LogP contribution in [0.2, 0.25) is 0 Å². The molecule has 1 saturated heterocycles. The zero-order valence-electron chi connectivity index (χ0n) is 21.6. The predicted octanol–water partition coefficient (Wildman–Crippen LogP) is 4.08. The Balaban J connectivity index is 1.47. The number of H-pyrrole nitrogens is 1. The molecule has 4 aromatic rings. The highest BCUT2D eigenvalue weighted by Gasteiger charge is 2.49. The third-order valence-corrected chi connectivity index (χ3v) is 7.58. The molecule has 1 aromatic heterocycles. The second kappa shape index (κ2) is 9.45. The van der Waals surface area contributed by atoms with Crippen LogP contribution < -0.4 is 14.2 Å². The van der Waals surface area contributed by atoms with Crippen LogP contribution in [0.4, 0.5) is 0 Å². The Labute approximate surface area is 220 Å². The van der Waals surface area contributed by atoms with Gasteiger partial charge in [-0.05, 0) is 35.4 Å². The van der Waals surface area contributed by atoms with Crippen LogP contribution in [-0.2, 0) is 22.6 Å². The fourth-order valence-electron chi connectivity index (χ4n) is 5.90. The minimum absolute atomic E-state index is 0.00904. The van der Waals surface area contributed by atoms with Gasteiger partial charge in [-0.25, -0.2) is 0 Å². The molecule has 0 radical (unpaired) electrons. The summed E-state index contributed by atoms with van der Waals surface area (Å²) in [5, 5.41) is 1.05. The Morgan fingerprint density at radius 3 is 2.53 bits per heavy atom. The number of fused-ring (bicyclic) bond motifs is 4. The standard InChI is InChI=1S/C30H29N3O5/c1-36-19-9-6-8-18(14-19)16-32-17-26(34)33-24(30(32)35)15-22-20-10-4-5-12-23(20)31-27(22)28(33)21-11-7-13-25(37-2)29(21)38-3/h4-14,24,28,31H,15-17H2,1-3H3/t24-,28?/m0/s1. The molecule has 6 rings (SSSR count). The number of nitrogens with zero attached hydrogens (tertiary/aromatic N) is 2. The van der Waals surface area contributed by atoms with Gasteiger partial charge < -0.3 is 29.0 Å². The van der Waals surface area contributed by atoms with Crippen molar-refractivity contribution < 1.29 is 23.8 Å². The van der Waals surface area contributed by atoms with Gasteiger partial charge in [0.15, 0.2) is 11.5 Å². The Morgan fingerprint density at radius 2 is 1.74 bits per heavy atom. The van der Waals surface area contributed by atoms with Crippen LogP contribution in [0.25, 0.3) is 10.9 Å². The molecule has 1 fully saturated rings. The van der Waals surface area contributed by atoms with Crippen molar-refractivity contribution in [1.29, 1.82) is 0 Å². The second-order valence-corrected chi connectivity index (χ2v) is 9.61. The number of ether oxygens (including phenoxy) is 3. The number of carbonyl (C=O) groups is 2. The number of hydrogen-bond donors (Lipinski definition) is 1. The van der Waals surface area contributed by atoms with Gasteiger partial charge in [0, 0.05) is 35.1 Å². The van der Waals surface area contributed by atoms with Gasteiger partial charge in [-0.2, -0.15) is 0 Å². The number of aromatic nitrogens is 1. The molecule has 0 saturated carbocycles. The van der Waals surface area contributed by atoms with E-state index in [1.165, 1.54) is 0 Å². The second-order valence-electron chi connectivity index (χ2n) is 9.61. The molecule has 38 heavy (non-hydrogen) atoms. The lowest BCUT2D eigenvalue weighted by Gasteiger charge is -2.47. The van der Waals surface area contributed by atoms with Crippen molar-refractivity contribution in [1.82, 2.24) is 14.8 Å². The smallest absolute Gasteiger partial charge is 0.246 e. The lowest BCUT2D eigenvalue weighted by atomic mass is 9.85. The summed E-state index contributed by atoms with van der Waals surface area (Å²) in [5.41, 5.74) is 4.59. The van der Waals surface area contributed by atoms with E-state index in [2.05, 4.69) is 11.1 Å². The van der Waals surface area contributed by atoms with Gasteiger partial charge in [-0.1, -0.05) is 42.5 Å². The zero-order valence-corrected chi connectivity index (χ0v) is 21.6. The first-order valence-corrected chi connectivity index (χ1v) is 12.6. The number of para-hydroxylation sites is 2. The van der Waals surface area contributed by atoms with Crippen molar-refractivity contribution in [3.05, 3.63) is 89.1 Å². The van der Waals surface area contributed by atoms with Crippen LogP contribution in [0.1, 0.15) is 28.4 Å². The van der Waals surface area contributed by atoms with Crippen molar-refractivity contribution in [2.45, 2.75) is 25.0 Å². The molecule has 0 spiro atoms. The van der Waals surface area contributed by atoms with Gasteiger partial charge in [-0.3, -0.25) is 9.59 Å². The van der Waals surface area contributed by atoms with Crippen LogP contribution in [0.15, 0.2) is 66.7 Å². The van der Waals surface area contributed by atoms with Crippen molar-refractivity contribution in [2.24, 2.45) is 0 Å². The van der Waals surface area contributed by atoms with Gasteiger partial charge in [0.25, 0.3) is 0 Å². The molecular weight excluding hydrogens is 482 g/mol. The van der Waals surface area contributed by atoms with Crippen LogP contribution >= 0.6 is 0 Å². The fourth-order valence-corrected chi connectivity index (χ4v) is 5.90. The van der Waals surface area contributed by atoms with E-state index in [0.717, 1.165) is 33.3 Å². The van der Waals surface area contributed by atoms with Crippen LogP contribution in [0.3, 0.4) is 0 Å². The van der Waals surface area contributed by atoms with Gasteiger partial charge in [0.1, 0.15) is 24.4 Å². The lowest BCUT2D eigenvalue weighted by molar-refractivity contribution is -0.159. The number of piperazine rings is 1. The maximum atomic E-state index is 14.0.